The molecule has 1 unspecified atom stereocenters. The number of aromatic amines is 1. The summed E-state index contributed by atoms with van der Waals surface area (Å²) < 4.78 is 10.5. The lowest BCUT2D eigenvalue weighted by molar-refractivity contribution is -0.140. The first-order valence-electron chi connectivity index (χ1n) is 12.2. The van der Waals surface area contributed by atoms with Crippen molar-refractivity contribution < 1.29 is 29.0 Å². The van der Waals surface area contributed by atoms with E-state index in [4.69, 9.17) is 9.47 Å². The number of carbonyl (C=O) groups is 3. The van der Waals surface area contributed by atoms with E-state index in [-0.39, 0.29) is 23.6 Å². The Kier molecular flexibility index (Phi) is 7.85. The SMILES string of the molecule is CCOC(=O)c1[nH]c(C)c(/C(O)=C2/C(=O)C(=O)N(CCCN3CCOCC3)C2c2ccncc2)c1C. The van der Waals surface area contributed by atoms with Gasteiger partial charge in [0.25, 0.3) is 11.7 Å². The minimum Gasteiger partial charge on any atom is -0.507 e. The molecular formula is C26H32N4O6. The number of pyridine rings is 1. The quantitative estimate of drug-likeness (QED) is 0.247. The molecule has 4 heterocycles. The number of carbonyl (C=O) groups excluding carboxylic acids is 3. The lowest BCUT2D eigenvalue weighted by Gasteiger charge is -2.29. The lowest BCUT2D eigenvalue weighted by Crippen LogP contribution is -2.38. The van der Waals surface area contributed by atoms with Gasteiger partial charge in [-0.25, -0.2) is 4.79 Å². The summed E-state index contributed by atoms with van der Waals surface area (Å²) in [6, 6.07) is 2.71. The van der Waals surface area contributed by atoms with E-state index >= 15 is 0 Å². The Morgan fingerprint density at radius 3 is 2.56 bits per heavy atom. The number of hydrogen-bond donors (Lipinski definition) is 2. The van der Waals surface area contributed by atoms with Gasteiger partial charge >= 0.3 is 5.97 Å². The van der Waals surface area contributed by atoms with Crippen molar-refractivity contribution >= 4 is 23.4 Å². The van der Waals surface area contributed by atoms with Crippen LogP contribution in [0.1, 0.15) is 52.3 Å². The molecule has 36 heavy (non-hydrogen) atoms. The first-order chi connectivity index (χ1) is 17.3. The van der Waals surface area contributed by atoms with Gasteiger partial charge in [0, 0.05) is 49.8 Å². The molecule has 0 bridgehead atoms. The van der Waals surface area contributed by atoms with Crippen molar-refractivity contribution in [3.63, 3.8) is 0 Å². The van der Waals surface area contributed by atoms with Gasteiger partial charge in [0.2, 0.25) is 0 Å². The molecule has 10 heteroatoms. The summed E-state index contributed by atoms with van der Waals surface area (Å²) >= 11 is 0. The van der Waals surface area contributed by atoms with Crippen LogP contribution in [0, 0.1) is 13.8 Å². The second-order valence-corrected chi connectivity index (χ2v) is 8.93. The van der Waals surface area contributed by atoms with Gasteiger partial charge in [-0.2, -0.15) is 0 Å². The van der Waals surface area contributed by atoms with Crippen LogP contribution >= 0.6 is 0 Å². The molecule has 2 saturated heterocycles. The van der Waals surface area contributed by atoms with Crippen molar-refractivity contribution in [1.82, 2.24) is 19.8 Å². The third kappa shape index (κ3) is 4.91. The number of aliphatic hydroxyl groups is 1. The maximum absolute atomic E-state index is 13.3. The van der Waals surface area contributed by atoms with Crippen LogP contribution in [0.5, 0.6) is 0 Å². The molecule has 2 fully saturated rings. The monoisotopic (exact) mass is 496 g/mol. The zero-order valence-corrected chi connectivity index (χ0v) is 20.9. The number of hydrogen-bond acceptors (Lipinski definition) is 8. The van der Waals surface area contributed by atoms with Gasteiger partial charge in [0.15, 0.2) is 0 Å². The number of nitrogens with one attached hydrogen (secondary N) is 1. The molecule has 2 aliphatic rings. The average molecular weight is 497 g/mol. The number of aliphatic hydroxyl groups excluding tert-OH is 1. The molecule has 1 amide bonds. The molecular weight excluding hydrogens is 464 g/mol. The number of aryl methyl sites for hydroxylation is 1. The molecule has 2 N–H and O–H groups in total. The van der Waals surface area contributed by atoms with Crippen LogP contribution in [0.3, 0.4) is 0 Å². The first kappa shape index (κ1) is 25.6. The van der Waals surface area contributed by atoms with E-state index in [9.17, 15) is 19.5 Å². The number of amides is 1. The highest BCUT2D eigenvalue weighted by Gasteiger charge is 2.46. The van der Waals surface area contributed by atoms with Gasteiger partial charge < -0.3 is 24.5 Å². The third-order valence-electron chi connectivity index (χ3n) is 6.69. The van der Waals surface area contributed by atoms with Gasteiger partial charge in [-0.15, -0.1) is 0 Å². The predicted octanol–water partition coefficient (Wildman–Crippen LogP) is 2.35. The number of esters is 1. The number of H-pyrrole nitrogens is 1. The van der Waals surface area contributed by atoms with Crippen molar-refractivity contribution in [3.05, 3.63) is 58.2 Å². The molecule has 192 valence electrons. The first-order valence-corrected chi connectivity index (χ1v) is 12.2. The highest BCUT2D eigenvalue weighted by molar-refractivity contribution is 6.46. The number of rotatable bonds is 8. The smallest absolute Gasteiger partial charge is 0.355 e. The molecule has 0 aromatic carbocycles. The van der Waals surface area contributed by atoms with Crippen molar-refractivity contribution in [2.24, 2.45) is 0 Å². The molecule has 4 rings (SSSR count). The highest BCUT2D eigenvalue weighted by atomic mass is 16.5. The maximum atomic E-state index is 13.3. The molecule has 0 aliphatic carbocycles. The topological polar surface area (TPSA) is 125 Å². The standard InChI is InChI=1S/C26H32N4O6/c1-4-36-26(34)21-16(2)19(17(3)28-21)23(31)20-22(18-6-8-27-9-7-18)30(25(33)24(20)32)11-5-10-29-12-14-35-15-13-29/h6-9,22,28,31H,4-5,10-15H2,1-3H3/b23-20-. The van der Waals surface area contributed by atoms with Crippen LogP contribution < -0.4 is 0 Å². The number of aromatic nitrogens is 2. The summed E-state index contributed by atoms with van der Waals surface area (Å²) in [6.45, 7) is 9.45. The van der Waals surface area contributed by atoms with E-state index in [1.165, 1.54) is 4.90 Å². The summed E-state index contributed by atoms with van der Waals surface area (Å²) in [7, 11) is 0. The number of ether oxygens (including phenoxy) is 2. The van der Waals surface area contributed by atoms with E-state index in [0.717, 1.165) is 19.6 Å². The van der Waals surface area contributed by atoms with Gasteiger partial charge in [-0.05, 0) is 50.5 Å². The summed E-state index contributed by atoms with van der Waals surface area (Å²) in [5.41, 5.74) is 2.15. The van der Waals surface area contributed by atoms with Crippen LogP contribution in [0.15, 0.2) is 30.1 Å². The highest BCUT2D eigenvalue weighted by Crippen LogP contribution is 2.40. The Hall–Kier alpha value is -3.50. The number of Topliss-reactive ketones (excluding diaryl/α,β-unsaturated/α-hetero) is 1. The molecule has 2 aromatic heterocycles. The number of ketones is 1. The lowest BCUT2D eigenvalue weighted by atomic mass is 9.94. The van der Waals surface area contributed by atoms with Crippen LogP contribution in [-0.4, -0.2) is 88.5 Å². The maximum Gasteiger partial charge on any atom is 0.355 e. The summed E-state index contributed by atoms with van der Waals surface area (Å²) in [4.78, 5) is 49.7. The number of nitrogens with zero attached hydrogens (tertiary/aromatic N) is 3. The Morgan fingerprint density at radius 2 is 1.89 bits per heavy atom. The molecule has 10 nitrogen and oxygen atoms in total. The Bertz CT molecular complexity index is 1170. The Balaban J connectivity index is 1.71. The molecule has 2 aliphatic heterocycles. The van der Waals surface area contributed by atoms with Gasteiger partial charge in [-0.1, -0.05) is 0 Å². The zero-order chi connectivity index (χ0) is 25.8. The van der Waals surface area contributed by atoms with E-state index in [1.54, 1.807) is 45.3 Å². The minimum atomic E-state index is -0.766. The van der Waals surface area contributed by atoms with Crippen LogP contribution in [-0.2, 0) is 19.1 Å². The van der Waals surface area contributed by atoms with Crippen LogP contribution in [0.4, 0.5) is 0 Å². The Labute approximate surface area is 209 Å². The number of morpholine rings is 1. The summed E-state index contributed by atoms with van der Waals surface area (Å²) in [6.07, 6.45) is 3.85. The fourth-order valence-corrected chi connectivity index (χ4v) is 4.94. The second-order valence-electron chi connectivity index (χ2n) is 8.93. The zero-order valence-electron chi connectivity index (χ0n) is 20.9. The second kappa shape index (κ2) is 11.0. The summed E-state index contributed by atoms with van der Waals surface area (Å²) in [5, 5.41) is 11.4. The van der Waals surface area contributed by atoms with Crippen LogP contribution in [0.25, 0.3) is 5.76 Å². The van der Waals surface area contributed by atoms with Crippen molar-refractivity contribution in [2.45, 2.75) is 33.2 Å². The van der Waals surface area contributed by atoms with Gasteiger partial charge in [-0.3, -0.25) is 19.5 Å². The normalized spacial score (nSPS) is 20.2. The van der Waals surface area contributed by atoms with Gasteiger partial charge in [0.1, 0.15) is 11.5 Å². The minimum absolute atomic E-state index is 0.00168. The van der Waals surface area contributed by atoms with E-state index in [0.29, 0.717) is 48.6 Å². The Morgan fingerprint density at radius 1 is 1.19 bits per heavy atom. The molecule has 0 saturated carbocycles. The van der Waals surface area contributed by atoms with E-state index < -0.39 is 23.7 Å². The average Bonchev–Trinajstić information content (AvgIpc) is 3.32. The van der Waals surface area contributed by atoms with E-state index in [2.05, 4.69) is 14.9 Å². The van der Waals surface area contributed by atoms with E-state index in [1.807, 2.05) is 0 Å². The van der Waals surface area contributed by atoms with Crippen molar-refractivity contribution in [1.29, 1.82) is 0 Å². The molecule has 1 atom stereocenters. The molecule has 0 spiro atoms. The van der Waals surface area contributed by atoms with Gasteiger partial charge in [0.05, 0.1) is 31.4 Å². The molecule has 2 aromatic rings. The largest absolute Gasteiger partial charge is 0.507 e. The fourth-order valence-electron chi connectivity index (χ4n) is 4.94. The summed E-state index contributed by atoms with van der Waals surface area (Å²) in [5.74, 6) is -2.27. The predicted molar refractivity (Wildman–Crippen MR) is 131 cm³/mol. The molecule has 0 radical (unpaired) electrons. The van der Waals surface area contributed by atoms with Crippen molar-refractivity contribution in [2.75, 3.05) is 46.0 Å². The number of likely N-dealkylation sites (tertiary alicyclic amines) is 1. The third-order valence-corrected chi connectivity index (χ3v) is 6.69. The van der Waals surface area contributed by atoms with Crippen molar-refractivity contribution in [3.8, 4) is 0 Å². The fraction of sp³-hybridized carbons (Fsp3) is 0.462. The van der Waals surface area contributed by atoms with Crippen LogP contribution in [0.2, 0.25) is 0 Å².